The zero-order chi connectivity index (χ0) is 18.0. The second kappa shape index (κ2) is 6.97. The number of fused-ring (bicyclic) bond motifs is 1. The fourth-order valence-electron chi connectivity index (χ4n) is 2.87. The molecule has 0 aromatic heterocycles. The van der Waals surface area contributed by atoms with Crippen molar-refractivity contribution in [2.24, 2.45) is 0 Å². The number of nitrogens with one attached hydrogen (secondary N) is 1. The minimum Gasteiger partial charge on any atom is -0.482 e. The highest BCUT2D eigenvalue weighted by atomic mass is 16.5. The van der Waals surface area contributed by atoms with E-state index in [1.165, 1.54) is 10.5 Å². The molecule has 0 saturated carbocycles. The molecule has 1 atom stereocenters. The third-order valence-electron chi connectivity index (χ3n) is 4.35. The maximum atomic E-state index is 12.6. The van der Waals surface area contributed by atoms with Crippen LogP contribution in [0, 0.1) is 13.8 Å². The minimum absolute atomic E-state index is 0.0500. The zero-order valence-corrected chi connectivity index (χ0v) is 14.7. The average Bonchev–Trinajstić information content (AvgIpc) is 2.60. The zero-order valence-electron chi connectivity index (χ0n) is 14.7. The van der Waals surface area contributed by atoms with Crippen LogP contribution in [0.2, 0.25) is 0 Å². The predicted octanol–water partition coefficient (Wildman–Crippen LogP) is 2.73. The van der Waals surface area contributed by atoms with Crippen LogP contribution >= 0.6 is 0 Å². The van der Waals surface area contributed by atoms with Crippen LogP contribution in [0.15, 0.2) is 42.5 Å². The summed E-state index contributed by atoms with van der Waals surface area (Å²) in [6, 6.07) is 13.0. The highest BCUT2D eigenvalue weighted by Gasteiger charge is 2.33. The Hall–Kier alpha value is -2.82. The Morgan fingerprint density at radius 1 is 1.16 bits per heavy atom. The van der Waals surface area contributed by atoms with Gasteiger partial charge in [0.15, 0.2) is 6.61 Å². The van der Waals surface area contributed by atoms with Crippen LogP contribution in [-0.4, -0.2) is 24.5 Å². The van der Waals surface area contributed by atoms with Crippen molar-refractivity contribution in [3.8, 4) is 5.75 Å². The van der Waals surface area contributed by atoms with E-state index in [1.54, 1.807) is 6.92 Å². The number of anilines is 1. The molecule has 2 amide bonds. The first kappa shape index (κ1) is 17.0. The average molecular weight is 338 g/mol. The summed E-state index contributed by atoms with van der Waals surface area (Å²) in [6.45, 7) is 6.09. The standard InChI is InChI=1S/C20H22N2O3/c1-13-4-7-16(8-5-13)11-21-20(24)15(3)22-17-10-14(2)6-9-18(17)25-12-19(22)23/h4-10,15H,11-12H2,1-3H3,(H,21,24)/t15-/m0/s1. The van der Waals surface area contributed by atoms with Crippen molar-refractivity contribution in [3.63, 3.8) is 0 Å². The van der Waals surface area contributed by atoms with Gasteiger partial charge in [0.2, 0.25) is 5.91 Å². The van der Waals surface area contributed by atoms with Crippen LogP contribution in [0.3, 0.4) is 0 Å². The summed E-state index contributed by atoms with van der Waals surface area (Å²) in [7, 11) is 0. The summed E-state index contributed by atoms with van der Waals surface area (Å²) < 4.78 is 5.47. The number of hydrogen-bond donors (Lipinski definition) is 1. The van der Waals surface area contributed by atoms with Crippen LogP contribution in [0.4, 0.5) is 5.69 Å². The molecule has 0 aliphatic carbocycles. The summed E-state index contributed by atoms with van der Waals surface area (Å²) in [4.78, 5) is 26.4. The molecule has 5 heteroatoms. The predicted molar refractivity (Wildman–Crippen MR) is 96.6 cm³/mol. The van der Waals surface area contributed by atoms with Gasteiger partial charge in [0.05, 0.1) is 5.69 Å². The van der Waals surface area contributed by atoms with Crippen LogP contribution in [0.5, 0.6) is 5.75 Å². The molecule has 2 aromatic carbocycles. The summed E-state index contributed by atoms with van der Waals surface area (Å²) in [5.41, 5.74) is 3.86. The van der Waals surface area contributed by atoms with Gasteiger partial charge >= 0.3 is 0 Å². The third kappa shape index (κ3) is 3.65. The van der Waals surface area contributed by atoms with Crippen molar-refractivity contribution in [1.29, 1.82) is 0 Å². The van der Waals surface area contributed by atoms with E-state index in [-0.39, 0.29) is 18.4 Å². The summed E-state index contributed by atoms with van der Waals surface area (Å²) in [5, 5.41) is 2.91. The number of carbonyl (C=O) groups is 2. The van der Waals surface area contributed by atoms with Gasteiger partial charge in [0.1, 0.15) is 11.8 Å². The normalized spacial score (nSPS) is 14.5. The van der Waals surface area contributed by atoms with Gasteiger partial charge in [-0.2, -0.15) is 0 Å². The molecule has 25 heavy (non-hydrogen) atoms. The second-order valence-electron chi connectivity index (χ2n) is 6.40. The Balaban J connectivity index is 1.74. The van der Waals surface area contributed by atoms with E-state index in [9.17, 15) is 9.59 Å². The van der Waals surface area contributed by atoms with Gasteiger partial charge in [-0.25, -0.2) is 0 Å². The first-order valence-electron chi connectivity index (χ1n) is 8.34. The van der Waals surface area contributed by atoms with E-state index >= 15 is 0 Å². The largest absolute Gasteiger partial charge is 0.482 e. The van der Waals surface area contributed by atoms with Crippen molar-refractivity contribution < 1.29 is 14.3 Å². The van der Waals surface area contributed by atoms with Crippen LogP contribution < -0.4 is 15.0 Å². The molecule has 1 heterocycles. The molecule has 0 spiro atoms. The molecule has 3 rings (SSSR count). The Labute approximate surface area is 147 Å². The van der Waals surface area contributed by atoms with Gasteiger partial charge in [-0.1, -0.05) is 35.9 Å². The summed E-state index contributed by atoms with van der Waals surface area (Å²) >= 11 is 0. The first-order valence-corrected chi connectivity index (χ1v) is 8.34. The molecule has 0 bridgehead atoms. The molecule has 0 fully saturated rings. The number of carbonyl (C=O) groups excluding carboxylic acids is 2. The maximum absolute atomic E-state index is 12.6. The lowest BCUT2D eigenvalue weighted by Gasteiger charge is -2.33. The second-order valence-corrected chi connectivity index (χ2v) is 6.40. The molecule has 130 valence electrons. The fourth-order valence-corrected chi connectivity index (χ4v) is 2.87. The van der Waals surface area contributed by atoms with Gasteiger partial charge in [-0.15, -0.1) is 0 Å². The van der Waals surface area contributed by atoms with Crippen molar-refractivity contribution in [2.75, 3.05) is 11.5 Å². The van der Waals surface area contributed by atoms with E-state index in [1.807, 2.05) is 56.3 Å². The van der Waals surface area contributed by atoms with Crippen molar-refractivity contribution in [3.05, 3.63) is 59.2 Å². The molecule has 2 aromatic rings. The Bertz CT molecular complexity index is 799. The molecule has 1 aliphatic rings. The third-order valence-corrected chi connectivity index (χ3v) is 4.35. The molecule has 5 nitrogen and oxygen atoms in total. The van der Waals surface area contributed by atoms with E-state index in [0.29, 0.717) is 18.0 Å². The molecule has 0 saturated heterocycles. The number of hydrogen-bond acceptors (Lipinski definition) is 3. The van der Waals surface area contributed by atoms with Crippen LogP contribution in [-0.2, 0) is 16.1 Å². The van der Waals surface area contributed by atoms with Gasteiger partial charge in [-0.3, -0.25) is 14.5 Å². The molecule has 0 radical (unpaired) electrons. The lowest BCUT2D eigenvalue weighted by Crippen LogP contribution is -2.51. The van der Waals surface area contributed by atoms with E-state index in [2.05, 4.69) is 5.32 Å². The monoisotopic (exact) mass is 338 g/mol. The maximum Gasteiger partial charge on any atom is 0.265 e. The number of ether oxygens (including phenoxy) is 1. The number of benzene rings is 2. The lowest BCUT2D eigenvalue weighted by molar-refractivity contribution is -0.127. The van der Waals surface area contributed by atoms with Crippen molar-refractivity contribution in [2.45, 2.75) is 33.4 Å². The number of nitrogens with zero attached hydrogens (tertiary/aromatic N) is 1. The smallest absolute Gasteiger partial charge is 0.265 e. The molecule has 1 N–H and O–H groups in total. The lowest BCUT2D eigenvalue weighted by atomic mass is 10.1. The quantitative estimate of drug-likeness (QED) is 0.932. The van der Waals surface area contributed by atoms with E-state index in [0.717, 1.165) is 11.1 Å². The highest BCUT2D eigenvalue weighted by Crippen LogP contribution is 2.34. The Morgan fingerprint density at radius 3 is 2.56 bits per heavy atom. The minimum atomic E-state index is -0.609. The van der Waals surface area contributed by atoms with Gasteiger partial charge < -0.3 is 10.1 Å². The van der Waals surface area contributed by atoms with Crippen LogP contribution in [0.25, 0.3) is 0 Å². The van der Waals surface area contributed by atoms with Crippen molar-refractivity contribution in [1.82, 2.24) is 5.32 Å². The van der Waals surface area contributed by atoms with Gasteiger partial charge in [0, 0.05) is 6.54 Å². The molecule has 0 unspecified atom stereocenters. The van der Waals surface area contributed by atoms with Gasteiger partial charge in [-0.05, 0) is 44.0 Å². The Morgan fingerprint density at radius 2 is 1.84 bits per heavy atom. The number of rotatable bonds is 4. The first-order chi connectivity index (χ1) is 12.0. The molecule has 1 aliphatic heterocycles. The SMILES string of the molecule is Cc1ccc(CNC(=O)[C@H](C)N2C(=O)COc3ccc(C)cc32)cc1. The highest BCUT2D eigenvalue weighted by molar-refractivity contribution is 6.03. The fraction of sp³-hybridized carbons (Fsp3) is 0.300. The number of aryl methyl sites for hydroxylation is 2. The van der Waals surface area contributed by atoms with E-state index < -0.39 is 6.04 Å². The van der Waals surface area contributed by atoms with Gasteiger partial charge in [0.25, 0.3) is 5.91 Å². The summed E-state index contributed by atoms with van der Waals surface area (Å²) in [6.07, 6.45) is 0. The Kier molecular flexibility index (Phi) is 4.74. The van der Waals surface area contributed by atoms with Crippen molar-refractivity contribution >= 4 is 17.5 Å². The topological polar surface area (TPSA) is 58.6 Å². The summed E-state index contributed by atoms with van der Waals surface area (Å²) in [5.74, 6) is 0.225. The number of amides is 2. The molecular formula is C20H22N2O3. The van der Waals surface area contributed by atoms with E-state index in [4.69, 9.17) is 4.74 Å². The van der Waals surface area contributed by atoms with Crippen LogP contribution in [0.1, 0.15) is 23.6 Å². The molecular weight excluding hydrogens is 316 g/mol.